The maximum atomic E-state index is 13.4. The highest BCUT2D eigenvalue weighted by Gasteiger charge is 2.34. The summed E-state index contributed by atoms with van der Waals surface area (Å²) in [6, 6.07) is 15.1. The smallest absolute Gasteiger partial charge is 0.407 e. The molecule has 2 aromatic rings. The zero-order valence-corrected chi connectivity index (χ0v) is 21.3. The van der Waals surface area contributed by atoms with E-state index in [1.807, 2.05) is 30.5 Å². The van der Waals surface area contributed by atoms with Crippen LogP contribution in [0.1, 0.15) is 29.9 Å². The van der Waals surface area contributed by atoms with Gasteiger partial charge in [0.15, 0.2) is 0 Å². The fourth-order valence-corrected chi connectivity index (χ4v) is 6.32. The van der Waals surface area contributed by atoms with Crippen LogP contribution in [0.5, 0.6) is 0 Å². The van der Waals surface area contributed by atoms with E-state index in [2.05, 4.69) is 29.6 Å². The molecule has 1 aliphatic heterocycles. The fraction of sp³-hybridized carbons (Fsp3) is 0.423. The summed E-state index contributed by atoms with van der Waals surface area (Å²) in [6.07, 6.45) is 1.67. The highest BCUT2D eigenvalue weighted by atomic mass is 32.2. The van der Waals surface area contributed by atoms with Crippen molar-refractivity contribution in [3.05, 3.63) is 59.7 Å². The molecule has 2 unspecified atom stereocenters. The predicted octanol–water partition coefficient (Wildman–Crippen LogP) is 4.07. The van der Waals surface area contributed by atoms with Crippen molar-refractivity contribution >= 4 is 41.5 Å². The molecular weight excluding hydrogens is 484 g/mol. The molecule has 2 N–H and O–H groups in total. The lowest BCUT2D eigenvalue weighted by Gasteiger charge is -2.37. The standard InChI is InChI=1S/C26H30N2O5S2/c1-34-12-10-23(25(31)28-11-13-35-16-17(28)14-24(29)30)27-26(32)33-15-22-20-8-4-2-6-18(20)19-7-3-5-9-21(19)22/h2-9,17,22-23H,10-16H2,1H3,(H,27,32)(H,29,30). The van der Waals surface area contributed by atoms with Gasteiger partial charge >= 0.3 is 12.1 Å². The first-order valence-corrected chi connectivity index (χ1v) is 14.2. The number of benzene rings is 2. The van der Waals surface area contributed by atoms with Crippen molar-refractivity contribution in [3.8, 4) is 11.1 Å². The van der Waals surface area contributed by atoms with Crippen molar-refractivity contribution in [2.45, 2.75) is 30.8 Å². The number of hydrogen-bond acceptors (Lipinski definition) is 6. The highest BCUT2D eigenvalue weighted by Crippen LogP contribution is 2.44. The Labute approximate surface area is 214 Å². The third-order valence-electron chi connectivity index (χ3n) is 6.47. The van der Waals surface area contributed by atoms with Crippen LogP contribution >= 0.6 is 23.5 Å². The summed E-state index contributed by atoms with van der Waals surface area (Å²) in [4.78, 5) is 39.1. The number of nitrogens with zero attached hydrogens (tertiary/aromatic N) is 1. The number of carbonyl (C=O) groups excluding carboxylic acids is 2. The Morgan fingerprint density at radius 2 is 1.80 bits per heavy atom. The van der Waals surface area contributed by atoms with Gasteiger partial charge in [0.25, 0.3) is 0 Å². The van der Waals surface area contributed by atoms with Gasteiger partial charge in [-0.2, -0.15) is 23.5 Å². The van der Waals surface area contributed by atoms with E-state index >= 15 is 0 Å². The van der Waals surface area contributed by atoms with E-state index in [0.717, 1.165) is 28.0 Å². The third kappa shape index (κ3) is 5.95. The first-order valence-electron chi connectivity index (χ1n) is 11.7. The van der Waals surface area contributed by atoms with Crippen LogP contribution in [0.3, 0.4) is 0 Å². The zero-order chi connectivity index (χ0) is 24.8. The first-order chi connectivity index (χ1) is 17.0. The van der Waals surface area contributed by atoms with Crippen LogP contribution in [0.15, 0.2) is 48.5 Å². The lowest BCUT2D eigenvalue weighted by atomic mass is 9.98. The number of amides is 2. The van der Waals surface area contributed by atoms with Gasteiger partial charge in [-0.3, -0.25) is 9.59 Å². The number of fused-ring (bicyclic) bond motifs is 3. The Morgan fingerprint density at radius 3 is 2.43 bits per heavy atom. The van der Waals surface area contributed by atoms with Gasteiger partial charge in [0, 0.05) is 24.0 Å². The maximum Gasteiger partial charge on any atom is 0.407 e. The Morgan fingerprint density at radius 1 is 1.14 bits per heavy atom. The van der Waals surface area contributed by atoms with E-state index in [1.54, 1.807) is 28.4 Å². The average molecular weight is 515 g/mol. The highest BCUT2D eigenvalue weighted by molar-refractivity contribution is 7.99. The SMILES string of the molecule is CSCCC(NC(=O)OCC1c2ccccc2-c2ccccc21)C(=O)N1CCSCC1CC(=O)O. The van der Waals surface area contributed by atoms with Crippen molar-refractivity contribution in [2.24, 2.45) is 0 Å². The van der Waals surface area contributed by atoms with E-state index in [9.17, 15) is 19.5 Å². The molecule has 2 amide bonds. The Kier molecular flexibility index (Phi) is 8.62. The zero-order valence-electron chi connectivity index (χ0n) is 19.6. The molecular formula is C26H30N2O5S2. The molecule has 1 fully saturated rings. The van der Waals surface area contributed by atoms with Gasteiger partial charge in [-0.05, 0) is 40.7 Å². The van der Waals surface area contributed by atoms with E-state index < -0.39 is 18.1 Å². The largest absolute Gasteiger partial charge is 0.481 e. The summed E-state index contributed by atoms with van der Waals surface area (Å²) >= 11 is 3.24. The van der Waals surface area contributed by atoms with E-state index in [1.165, 1.54) is 0 Å². The molecule has 35 heavy (non-hydrogen) atoms. The lowest BCUT2D eigenvalue weighted by molar-refractivity contribution is -0.141. The molecule has 186 valence electrons. The molecule has 2 aromatic carbocycles. The number of carboxylic acids is 1. The van der Waals surface area contributed by atoms with E-state index in [-0.39, 0.29) is 30.9 Å². The van der Waals surface area contributed by atoms with E-state index in [4.69, 9.17) is 4.74 Å². The second kappa shape index (κ2) is 11.9. The van der Waals surface area contributed by atoms with Crippen LogP contribution in [-0.2, 0) is 14.3 Å². The van der Waals surface area contributed by atoms with Crippen molar-refractivity contribution in [1.29, 1.82) is 0 Å². The van der Waals surface area contributed by atoms with Crippen LogP contribution in [0, 0.1) is 0 Å². The van der Waals surface area contributed by atoms with Gasteiger partial charge < -0.3 is 20.1 Å². The Balaban J connectivity index is 1.43. The molecule has 9 heteroatoms. The van der Waals surface area contributed by atoms with E-state index in [0.29, 0.717) is 24.5 Å². The van der Waals surface area contributed by atoms with Crippen LogP contribution in [-0.4, -0.2) is 76.7 Å². The Hall–Kier alpha value is -2.65. The van der Waals surface area contributed by atoms with Crippen molar-refractivity contribution < 1.29 is 24.2 Å². The summed E-state index contributed by atoms with van der Waals surface area (Å²) in [5.41, 5.74) is 4.55. The molecule has 4 rings (SSSR count). The molecule has 0 radical (unpaired) electrons. The quantitative estimate of drug-likeness (QED) is 0.521. The summed E-state index contributed by atoms with van der Waals surface area (Å²) in [6.45, 7) is 0.648. The minimum absolute atomic E-state index is 0.0624. The monoisotopic (exact) mass is 514 g/mol. The fourth-order valence-electron chi connectivity index (χ4n) is 4.79. The van der Waals surface area contributed by atoms with Crippen LogP contribution in [0.4, 0.5) is 4.79 Å². The summed E-state index contributed by atoms with van der Waals surface area (Å²) in [7, 11) is 0. The number of thioether (sulfide) groups is 2. The molecule has 1 heterocycles. The molecule has 0 bridgehead atoms. The first kappa shape index (κ1) is 25.4. The summed E-state index contributed by atoms with van der Waals surface area (Å²) in [5, 5.41) is 12.0. The van der Waals surface area contributed by atoms with Gasteiger partial charge in [-0.15, -0.1) is 0 Å². The molecule has 7 nitrogen and oxygen atoms in total. The number of carboxylic acid groups (broad SMARTS) is 1. The normalized spacial score (nSPS) is 17.9. The maximum absolute atomic E-state index is 13.4. The molecule has 2 aliphatic rings. The van der Waals surface area contributed by atoms with Crippen LogP contribution < -0.4 is 5.32 Å². The number of nitrogens with one attached hydrogen (secondary N) is 1. The second-order valence-electron chi connectivity index (χ2n) is 8.66. The number of rotatable bonds is 9. The molecule has 1 saturated heterocycles. The van der Waals surface area contributed by atoms with Gasteiger partial charge in [0.1, 0.15) is 12.6 Å². The summed E-state index contributed by atoms with van der Waals surface area (Å²) in [5.74, 6) is 0.791. The van der Waals surface area contributed by atoms with Gasteiger partial charge in [0.05, 0.1) is 12.5 Å². The van der Waals surface area contributed by atoms with Crippen molar-refractivity contribution in [1.82, 2.24) is 10.2 Å². The third-order valence-corrected chi connectivity index (χ3v) is 8.20. The van der Waals surface area contributed by atoms with Crippen molar-refractivity contribution in [2.75, 3.05) is 36.7 Å². The minimum Gasteiger partial charge on any atom is -0.481 e. The average Bonchev–Trinajstić information content (AvgIpc) is 3.18. The molecule has 1 aliphatic carbocycles. The lowest BCUT2D eigenvalue weighted by Crippen LogP contribution is -2.55. The van der Waals surface area contributed by atoms with Gasteiger partial charge in [0.2, 0.25) is 5.91 Å². The number of aliphatic carboxylic acids is 1. The number of ether oxygens (including phenoxy) is 1. The molecule has 0 spiro atoms. The Bertz CT molecular complexity index is 1030. The predicted molar refractivity (Wildman–Crippen MR) is 140 cm³/mol. The molecule has 0 aromatic heterocycles. The number of carbonyl (C=O) groups is 3. The number of hydrogen-bond donors (Lipinski definition) is 2. The summed E-state index contributed by atoms with van der Waals surface area (Å²) < 4.78 is 5.65. The minimum atomic E-state index is -0.930. The number of alkyl carbamates (subject to hydrolysis) is 1. The van der Waals surface area contributed by atoms with Gasteiger partial charge in [-0.25, -0.2) is 4.79 Å². The molecule has 0 saturated carbocycles. The van der Waals surface area contributed by atoms with Gasteiger partial charge in [-0.1, -0.05) is 48.5 Å². The van der Waals surface area contributed by atoms with Crippen molar-refractivity contribution in [3.63, 3.8) is 0 Å². The molecule has 2 atom stereocenters. The van der Waals surface area contributed by atoms with Crippen LogP contribution in [0.25, 0.3) is 11.1 Å². The second-order valence-corrected chi connectivity index (χ2v) is 10.8. The van der Waals surface area contributed by atoms with Crippen LogP contribution in [0.2, 0.25) is 0 Å². The topological polar surface area (TPSA) is 95.9 Å².